The first-order valence-corrected chi connectivity index (χ1v) is 10.4. The molecule has 25 heavy (non-hydrogen) atoms. The number of nitrogens with one attached hydrogen (secondary N) is 1. The van der Waals surface area contributed by atoms with E-state index in [1.54, 1.807) is 11.8 Å². The molecule has 1 aromatic rings. The van der Waals surface area contributed by atoms with Crippen LogP contribution in [0.2, 0.25) is 0 Å². The lowest BCUT2D eigenvalue weighted by molar-refractivity contribution is -0.117. The third kappa shape index (κ3) is 5.99. The number of benzene rings is 1. The lowest BCUT2D eigenvalue weighted by atomic mass is 9.96. The first kappa shape index (κ1) is 18.7. The van der Waals surface area contributed by atoms with Crippen LogP contribution in [0.15, 0.2) is 29.2 Å². The van der Waals surface area contributed by atoms with Gasteiger partial charge in [0, 0.05) is 30.2 Å². The van der Waals surface area contributed by atoms with E-state index in [9.17, 15) is 4.79 Å². The fourth-order valence-corrected chi connectivity index (χ4v) is 4.04. The van der Waals surface area contributed by atoms with Gasteiger partial charge in [0.05, 0.1) is 19.8 Å². The molecule has 1 amide bonds. The Morgan fingerprint density at radius 3 is 2.68 bits per heavy atom. The van der Waals surface area contributed by atoms with Crippen LogP contribution in [0.4, 0.5) is 5.69 Å². The van der Waals surface area contributed by atoms with E-state index in [0.29, 0.717) is 6.54 Å². The number of morpholine rings is 1. The van der Waals surface area contributed by atoms with Crippen molar-refractivity contribution in [3.63, 3.8) is 0 Å². The van der Waals surface area contributed by atoms with Gasteiger partial charge in [0.2, 0.25) is 5.91 Å². The standard InChI is InChI=1S/C19H29N3O2S/c1-25-18-4-2-3-17(13-18)20-19(23)15-21-7-5-16(6-8-21)14-22-9-11-24-12-10-22/h2-4,13,16H,5-12,14-15H2,1H3,(H,20,23). The molecule has 0 spiro atoms. The summed E-state index contributed by atoms with van der Waals surface area (Å²) in [5.41, 5.74) is 0.888. The van der Waals surface area contributed by atoms with E-state index in [4.69, 9.17) is 4.74 Å². The van der Waals surface area contributed by atoms with Gasteiger partial charge in [-0.05, 0) is 56.3 Å². The van der Waals surface area contributed by atoms with Crippen molar-refractivity contribution < 1.29 is 9.53 Å². The molecule has 2 aliphatic rings. The molecule has 2 fully saturated rings. The molecule has 2 aliphatic heterocycles. The Morgan fingerprint density at radius 1 is 1.20 bits per heavy atom. The molecule has 0 radical (unpaired) electrons. The van der Waals surface area contributed by atoms with Crippen LogP contribution in [-0.4, -0.2) is 74.4 Å². The van der Waals surface area contributed by atoms with Gasteiger partial charge in [0.1, 0.15) is 0 Å². The van der Waals surface area contributed by atoms with E-state index in [0.717, 1.165) is 51.0 Å². The van der Waals surface area contributed by atoms with Crippen LogP contribution in [0, 0.1) is 5.92 Å². The van der Waals surface area contributed by atoms with Crippen molar-refractivity contribution in [3.05, 3.63) is 24.3 Å². The highest BCUT2D eigenvalue weighted by Gasteiger charge is 2.23. The molecule has 0 saturated carbocycles. The van der Waals surface area contributed by atoms with Crippen molar-refractivity contribution in [1.82, 2.24) is 9.80 Å². The maximum Gasteiger partial charge on any atom is 0.238 e. The van der Waals surface area contributed by atoms with Crippen molar-refractivity contribution in [3.8, 4) is 0 Å². The average Bonchev–Trinajstić information content (AvgIpc) is 2.64. The van der Waals surface area contributed by atoms with E-state index >= 15 is 0 Å². The lowest BCUT2D eigenvalue weighted by Gasteiger charge is -2.35. The zero-order valence-corrected chi connectivity index (χ0v) is 15.9. The number of rotatable bonds is 6. The number of thioether (sulfide) groups is 1. The molecule has 1 aromatic carbocycles. The van der Waals surface area contributed by atoms with E-state index in [1.165, 1.54) is 24.3 Å². The highest BCUT2D eigenvalue weighted by Crippen LogP contribution is 2.20. The first-order chi connectivity index (χ1) is 12.2. The number of carbonyl (C=O) groups excluding carboxylic acids is 1. The predicted molar refractivity (Wildman–Crippen MR) is 103 cm³/mol. The molecule has 5 nitrogen and oxygen atoms in total. The fourth-order valence-electron chi connectivity index (χ4n) is 3.58. The Labute approximate surface area is 155 Å². The summed E-state index contributed by atoms with van der Waals surface area (Å²) in [7, 11) is 0. The predicted octanol–water partition coefficient (Wildman–Crippen LogP) is 2.39. The minimum atomic E-state index is 0.0879. The summed E-state index contributed by atoms with van der Waals surface area (Å²) in [6.45, 7) is 7.60. The minimum absolute atomic E-state index is 0.0879. The van der Waals surface area contributed by atoms with Crippen molar-refractivity contribution in [2.75, 3.05) is 64.1 Å². The van der Waals surface area contributed by atoms with Crippen molar-refractivity contribution in [2.45, 2.75) is 17.7 Å². The lowest BCUT2D eigenvalue weighted by Crippen LogP contribution is -2.44. The topological polar surface area (TPSA) is 44.8 Å². The summed E-state index contributed by atoms with van der Waals surface area (Å²) in [4.78, 5) is 18.3. The summed E-state index contributed by atoms with van der Waals surface area (Å²) < 4.78 is 5.42. The summed E-state index contributed by atoms with van der Waals surface area (Å²) in [5.74, 6) is 0.848. The fraction of sp³-hybridized carbons (Fsp3) is 0.632. The first-order valence-electron chi connectivity index (χ1n) is 9.19. The summed E-state index contributed by atoms with van der Waals surface area (Å²) >= 11 is 1.69. The van der Waals surface area contributed by atoms with Crippen molar-refractivity contribution >= 4 is 23.4 Å². The minimum Gasteiger partial charge on any atom is -0.379 e. The van der Waals surface area contributed by atoms with Crippen LogP contribution in [0.5, 0.6) is 0 Å². The van der Waals surface area contributed by atoms with Gasteiger partial charge in [-0.1, -0.05) is 6.07 Å². The molecule has 3 rings (SSSR count). The Bertz CT molecular complexity index is 555. The van der Waals surface area contributed by atoms with E-state index in [-0.39, 0.29) is 5.91 Å². The third-order valence-electron chi connectivity index (χ3n) is 5.05. The average molecular weight is 364 g/mol. The molecule has 0 aliphatic carbocycles. The van der Waals surface area contributed by atoms with Crippen LogP contribution >= 0.6 is 11.8 Å². The molecular formula is C19H29N3O2S. The Kier molecular flexibility index (Phi) is 7.16. The molecule has 6 heteroatoms. The van der Waals surface area contributed by atoms with Crippen LogP contribution < -0.4 is 5.32 Å². The summed E-state index contributed by atoms with van der Waals surface area (Å²) in [6, 6.07) is 8.02. The molecule has 2 heterocycles. The molecule has 0 bridgehead atoms. The normalized spacial score (nSPS) is 20.5. The molecule has 0 atom stereocenters. The van der Waals surface area contributed by atoms with Gasteiger partial charge in [0.15, 0.2) is 0 Å². The maximum absolute atomic E-state index is 12.3. The van der Waals surface area contributed by atoms with Gasteiger partial charge in [-0.15, -0.1) is 11.8 Å². The van der Waals surface area contributed by atoms with Gasteiger partial charge in [-0.25, -0.2) is 0 Å². The third-order valence-corrected chi connectivity index (χ3v) is 5.77. The number of likely N-dealkylation sites (tertiary alicyclic amines) is 1. The number of nitrogens with zero attached hydrogens (tertiary/aromatic N) is 2. The zero-order valence-electron chi connectivity index (χ0n) is 15.1. The van der Waals surface area contributed by atoms with Crippen LogP contribution in [0.25, 0.3) is 0 Å². The summed E-state index contributed by atoms with van der Waals surface area (Å²) in [6.07, 6.45) is 4.42. The second kappa shape index (κ2) is 9.57. The van der Waals surface area contributed by atoms with E-state index in [2.05, 4.69) is 21.2 Å². The van der Waals surface area contributed by atoms with Gasteiger partial charge in [-0.3, -0.25) is 14.6 Å². The Morgan fingerprint density at radius 2 is 1.96 bits per heavy atom. The highest BCUT2D eigenvalue weighted by molar-refractivity contribution is 7.98. The van der Waals surface area contributed by atoms with Crippen LogP contribution in [-0.2, 0) is 9.53 Å². The number of ether oxygens (including phenoxy) is 1. The second-order valence-electron chi connectivity index (χ2n) is 6.91. The molecule has 0 aromatic heterocycles. The number of hydrogen-bond acceptors (Lipinski definition) is 5. The van der Waals surface area contributed by atoms with Gasteiger partial charge >= 0.3 is 0 Å². The van der Waals surface area contributed by atoms with Gasteiger partial charge in [0.25, 0.3) is 0 Å². The van der Waals surface area contributed by atoms with E-state index < -0.39 is 0 Å². The van der Waals surface area contributed by atoms with Gasteiger partial charge in [-0.2, -0.15) is 0 Å². The smallest absolute Gasteiger partial charge is 0.238 e. The van der Waals surface area contributed by atoms with Crippen LogP contribution in [0.1, 0.15) is 12.8 Å². The Hall–Kier alpha value is -1.08. The molecule has 1 N–H and O–H groups in total. The SMILES string of the molecule is CSc1cccc(NC(=O)CN2CCC(CN3CCOCC3)CC2)c1. The quantitative estimate of drug-likeness (QED) is 0.787. The number of anilines is 1. The maximum atomic E-state index is 12.3. The summed E-state index contributed by atoms with van der Waals surface area (Å²) in [5, 5.41) is 3.02. The van der Waals surface area contributed by atoms with Crippen LogP contribution in [0.3, 0.4) is 0 Å². The zero-order chi connectivity index (χ0) is 17.5. The molecular weight excluding hydrogens is 334 g/mol. The van der Waals surface area contributed by atoms with E-state index in [1.807, 2.05) is 24.5 Å². The largest absolute Gasteiger partial charge is 0.379 e. The molecule has 2 saturated heterocycles. The monoisotopic (exact) mass is 363 g/mol. The Balaban J connectivity index is 1.38. The number of carbonyl (C=O) groups is 1. The molecule has 138 valence electrons. The molecule has 0 unspecified atom stereocenters. The number of amides is 1. The van der Waals surface area contributed by atoms with Crippen molar-refractivity contribution in [1.29, 1.82) is 0 Å². The second-order valence-corrected chi connectivity index (χ2v) is 7.79. The highest BCUT2D eigenvalue weighted by atomic mass is 32.2. The van der Waals surface area contributed by atoms with Gasteiger partial charge < -0.3 is 10.1 Å². The van der Waals surface area contributed by atoms with Crippen molar-refractivity contribution in [2.24, 2.45) is 5.92 Å². The number of piperidine rings is 1. The number of hydrogen-bond donors (Lipinski definition) is 1.